The maximum atomic E-state index is 12.4. The molecule has 0 spiro atoms. The number of nitrogens with zero attached hydrogens (tertiary/aromatic N) is 2. The molecular formula is C15H17F3N4O2. The standard InChI is InChI=1S/C15H17F3N4O2/c1-8-5-10(13(23)20-7-15(16,17)18)11-12(22-24-14(11)21-8)9-3-2-4-19-6-9/h5,9,19H,2-4,6-7H2,1H3,(H,20,23). The van der Waals surface area contributed by atoms with Crippen LogP contribution >= 0.6 is 0 Å². The number of halogens is 3. The third-order valence-electron chi connectivity index (χ3n) is 3.98. The molecule has 9 heteroatoms. The molecule has 1 amide bonds. The molecule has 2 aromatic heterocycles. The second-order valence-electron chi connectivity index (χ2n) is 5.90. The van der Waals surface area contributed by atoms with Gasteiger partial charge < -0.3 is 15.2 Å². The van der Waals surface area contributed by atoms with Crippen molar-refractivity contribution in [3.05, 3.63) is 23.0 Å². The van der Waals surface area contributed by atoms with Gasteiger partial charge in [0.2, 0.25) is 0 Å². The van der Waals surface area contributed by atoms with E-state index in [1.54, 1.807) is 6.92 Å². The average Bonchev–Trinajstić information content (AvgIpc) is 2.95. The smallest absolute Gasteiger partial charge is 0.343 e. The molecule has 6 nitrogen and oxygen atoms in total. The van der Waals surface area contributed by atoms with Crippen molar-refractivity contribution in [1.29, 1.82) is 0 Å². The lowest BCUT2D eigenvalue weighted by molar-refractivity contribution is -0.123. The molecule has 130 valence electrons. The fraction of sp³-hybridized carbons (Fsp3) is 0.533. The fourth-order valence-electron chi connectivity index (χ4n) is 2.91. The molecular weight excluding hydrogens is 325 g/mol. The third-order valence-corrected chi connectivity index (χ3v) is 3.98. The van der Waals surface area contributed by atoms with E-state index >= 15 is 0 Å². The van der Waals surface area contributed by atoms with Gasteiger partial charge in [0.1, 0.15) is 6.54 Å². The zero-order valence-electron chi connectivity index (χ0n) is 13.0. The van der Waals surface area contributed by atoms with Crippen molar-refractivity contribution in [3.8, 4) is 0 Å². The number of aryl methyl sites for hydroxylation is 1. The van der Waals surface area contributed by atoms with Crippen LogP contribution in [0.25, 0.3) is 11.1 Å². The summed E-state index contributed by atoms with van der Waals surface area (Å²) in [6.45, 7) is 1.84. The van der Waals surface area contributed by atoms with Crippen LogP contribution in [-0.4, -0.2) is 41.9 Å². The molecule has 0 bridgehead atoms. The number of piperidine rings is 1. The molecule has 3 rings (SSSR count). The Hall–Kier alpha value is -2.16. The van der Waals surface area contributed by atoms with Gasteiger partial charge in [-0.2, -0.15) is 13.2 Å². The van der Waals surface area contributed by atoms with Crippen molar-refractivity contribution in [2.45, 2.75) is 31.9 Å². The predicted octanol–water partition coefficient (Wildman–Crippen LogP) is 2.29. The summed E-state index contributed by atoms with van der Waals surface area (Å²) in [6, 6.07) is 1.46. The lowest BCUT2D eigenvalue weighted by Gasteiger charge is -2.21. The first-order chi connectivity index (χ1) is 11.3. The Bertz CT molecular complexity index is 751. The lowest BCUT2D eigenvalue weighted by atomic mass is 9.93. The van der Waals surface area contributed by atoms with Crippen LogP contribution in [0.1, 0.15) is 40.5 Å². The van der Waals surface area contributed by atoms with Crippen LogP contribution in [0.15, 0.2) is 10.6 Å². The minimum absolute atomic E-state index is 0.0404. The van der Waals surface area contributed by atoms with Crippen LogP contribution in [0.3, 0.4) is 0 Å². The number of aromatic nitrogens is 2. The summed E-state index contributed by atoms with van der Waals surface area (Å²) in [4.78, 5) is 16.5. The van der Waals surface area contributed by atoms with E-state index in [0.29, 0.717) is 23.3 Å². The van der Waals surface area contributed by atoms with Gasteiger partial charge in [-0.1, -0.05) is 5.16 Å². The Morgan fingerprint density at radius 1 is 1.50 bits per heavy atom. The maximum Gasteiger partial charge on any atom is 0.405 e. The highest BCUT2D eigenvalue weighted by Gasteiger charge is 2.30. The Morgan fingerprint density at radius 2 is 2.29 bits per heavy atom. The van der Waals surface area contributed by atoms with Crippen molar-refractivity contribution in [2.24, 2.45) is 0 Å². The molecule has 1 aliphatic rings. The molecule has 1 fully saturated rings. The first-order valence-electron chi connectivity index (χ1n) is 7.68. The van der Waals surface area contributed by atoms with E-state index in [1.165, 1.54) is 6.07 Å². The highest BCUT2D eigenvalue weighted by Crippen LogP contribution is 2.31. The minimum Gasteiger partial charge on any atom is -0.343 e. The molecule has 0 aliphatic carbocycles. The van der Waals surface area contributed by atoms with Gasteiger partial charge in [0.25, 0.3) is 11.6 Å². The van der Waals surface area contributed by atoms with Crippen LogP contribution in [0.5, 0.6) is 0 Å². The molecule has 1 atom stereocenters. The normalized spacial score (nSPS) is 18.8. The van der Waals surface area contributed by atoms with Crippen LogP contribution in [-0.2, 0) is 0 Å². The number of rotatable bonds is 3. The van der Waals surface area contributed by atoms with Crippen molar-refractivity contribution in [3.63, 3.8) is 0 Å². The van der Waals surface area contributed by atoms with Gasteiger partial charge in [-0.3, -0.25) is 4.79 Å². The molecule has 2 N–H and O–H groups in total. The molecule has 24 heavy (non-hydrogen) atoms. The molecule has 0 aromatic carbocycles. The molecule has 2 aromatic rings. The average molecular weight is 342 g/mol. The van der Waals surface area contributed by atoms with Crippen LogP contribution in [0.2, 0.25) is 0 Å². The first kappa shape index (κ1) is 16.7. The predicted molar refractivity (Wildman–Crippen MR) is 79.8 cm³/mol. The molecule has 1 saturated heterocycles. The summed E-state index contributed by atoms with van der Waals surface area (Å²) in [5, 5.41) is 9.57. The van der Waals surface area contributed by atoms with E-state index in [0.717, 1.165) is 19.4 Å². The van der Waals surface area contributed by atoms with Crippen molar-refractivity contribution < 1.29 is 22.5 Å². The van der Waals surface area contributed by atoms with Gasteiger partial charge in [-0.05, 0) is 32.4 Å². The van der Waals surface area contributed by atoms with Gasteiger partial charge in [-0.25, -0.2) is 4.98 Å². The highest BCUT2D eigenvalue weighted by molar-refractivity contribution is 6.06. The Balaban J connectivity index is 1.99. The van der Waals surface area contributed by atoms with Crippen LogP contribution in [0, 0.1) is 6.92 Å². The van der Waals surface area contributed by atoms with Gasteiger partial charge in [0.15, 0.2) is 0 Å². The third kappa shape index (κ3) is 3.50. The highest BCUT2D eigenvalue weighted by atomic mass is 19.4. The van der Waals surface area contributed by atoms with Crippen molar-refractivity contribution in [1.82, 2.24) is 20.8 Å². The number of nitrogens with one attached hydrogen (secondary N) is 2. The Morgan fingerprint density at radius 3 is 2.96 bits per heavy atom. The second kappa shape index (κ2) is 6.39. The molecule has 0 radical (unpaired) electrons. The number of amides is 1. The topological polar surface area (TPSA) is 80.0 Å². The van der Waals surface area contributed by atoms with Crippen molar-refractivity contribution >= 4 is 17.0 Å². The zero-order valence-corrected chi connectivity index (χ0v) is 13.0. The number of hydrogen-bond acceptors (Lipinski definition) is 5. The fourth-order valence-corrected chi connectivity index (χ4v) is 2.91. The van der Waals surface area contributed by atoms with E-state index in [9.17, 15) is 18.0 Å². The van der Waals surface area contributed by atoms with E-state index < -0.39 is 18.6 Å². The van der Waals surface area contributed by atoms with E-state index in [2.05, 4.69) is 15.5 Å². The monoisotopic (exact) mass is 342 g/mol. The Labute approximate surface area is 135 Å². The minimum atomic E-state index is -4.47. The van der Waals surface area contributed by atoms with E-state index in [4.69, 9.17) is 4.52 Å². The molecule has 0 saturated carbocycles. The number of carbonyl (C=O) groups excluding carboxylic acids is 1. The number of pyridine rings is 1. The summed E-state index contributed by atoms with van der Waals surface area (Å²) in [5.41, 5.74) is 1.34. The quantitative estimate of drug-likeness (QED) is 0.895. The molecule has 1 unspecified atom stereocenters. The summed E-state index contributed by atoms with van der Waals surface area (Å²) < 4.78 is 42.3. The van der Waals surface area contributed by atoms with Gasteiger partial charge in [0, 0.05) is 18.2 Å². The van der Waals surface area contributed by atoms with Crippen LogP contribution in [0.4, 0.5) is 13.2 Å². The number of hydrogen-bond donors (Lipinski definition) is 2. The summed E-state index contributed by atoms with van der Waals surface area (Å²) >= 11 is 0. The van der Waals surface area contributed by atoms with E-state index in [1.807, 2.05) is 5.32 Å². The summed E-state index contributed by atoms with van der Waals surface area (Å²) in [6.07, 6.45) is -2.65. The summed E-state index contributed by atoms with van der Waals surface area (Å²) in [7, 11) is 0. The van der Waals surface area contributed by atoms with Crippen LogP contribution < -0.4 is 10.6 Å². The number of fused-ring (bicyclic) bond motifs is 1. The van der Waals surface area contributed by atoms with Crippen molar-refractivity contribution in [2.75, 3.05) is 19.6 Å². The van der Waals surface area contributed by atoms with E-state index in [-0.39, 0.29) is 17.2 Å². The largest absolute Gasteiger partial charge is 0.405 e. The zero-order chi connectivity index (χ0) is 17.3. The maximum absolute atomic E-state index is 12.4. The second-order valence-corrected chi connectivity index (χ2v) is 5.90. The Kier molecular flexibility index (Phi) is 4.44. The van der Waals surface area contributed by atoms with Gasteiger partial charge in [0.05, 0.1) is 16.6 Å². The number of alkyl halides is 3. The summed E-state index contributed by atoms with van der Waals surface area (Å²) in [5.74, 6) is -0.769. The first-order valence-corrected chi connectivity index (χ1v) is 7.68. The van der Waals surface area contributed by atoms with Gasteiger partial charge in [-0.15, -0.1) is 0 Å². The van der Waals surface area contributed by atoms with Gasteiger partial charge >= 0.3 is 6.18 Å². The number of carbonyl (C=O) groups is 1. The lowest BCUT2D eigenvalue weighted by Crippen LogP contribution is -2.34. The molecule has 3 heterocycles. The molecule has 1 aliphatic heterocycles. The SMILES string of the molecule is Cc1cc(C(=O)NCC(F)(F)F)c2c(C3CCCNC3)noc2n1.